The lowest BCUT2D eigenvalue weighted by Crippen LogP contribution is -2.30. The molecule has 3 N–H and O–H groups in total. The van der Waals surface area contributed by atoms with E-state index in [1.165, 1.54) is 6.33 Å². The Bertz CT molecular complexity index is 960. The van der Waals surface area contributed by atoms with Crippen LogP contribution in [0.25, 0.3) is 0 Å². The van der Waals surface area contributed by atoms with Crippen LogP contribution in [0.4, 0.5) is 17.3 Å². The fourth-order valence-electron chi connectivity index (χ4n) is 2.42. The fourth-order valence-corrected chi connectivity index (χ4v) is 3.13. The number of hydrazine groups is 1. The molecule has 1 amide bonds. The first-order valence-electron chi connectivity index (χ1n) is 8.43. The van der Waals surface area contributed by atoms with Crippen molar-refractivity contribution in [2.24, 2.45) is 0 Å². The molecule has 0 bridgehead atoms. The molecular weight excluding hydrogens is 380 g/mol. The molecule has 0 unspecified atom stereocenters. The summed E-state index contributed by atoms with van der Waals surface area (Å²) in [6, 6.07) is 10.9. The van der Waals surface area contributed by atoms with Crippen molar-refractivity contribution >= 4 is 34.6 Å². The van der Waals surface area contributed by atoms with Crippen LogP contribution >= 0.6 is 11.3 Å². The lowest BCUT2D eigenvalue weighted by atomic mass is 10.1. The summed E-state index contributed by atoms with van der Waals surface area (Å²) in [5.74, 6) is -0.442. The van der Waals surface area contributed by atoms with E-state index in [4.69, 9.17) is 0 Å². The van der Waals surface area contributed by atoms with Crippen molar-refractivity contribution in [3.05, 3.63) is 74.2 Å². The molecule has 0 aliphatic heterocycles. The molecule has 2 heterocycles. The Morgan fingerprint density at radius 1 is 1.18 bits per heavy atom. The Morgan fingerprint density at radius 2 is 1.93 bits per heavy atom. The Morgan fingerprint density at radius 3 is 2.61 bits per heavy atom. The maximum absolute atomic E-state index is 12.2. The van der Waals surface area contributed by atoms with E-state index in [1.807, 2.05) is 24.4 Å². The van der Waals surface area contributed by atoms with Gasteiger partial charge in [-0.3, -0.25) is 25.8 Å². The molecule has 0 fully saturated rings. The third-order valence-corrected chi connectivity index (χ3v) is 4.79. The lowest BCUT2D eigenvalue weighted by Gasteiger charge is -2.11. The molecule has 2 aromatic heterocycles. The molecule has 28 heavy (non-hydrogen) atoms. The molecule has 144 valence electrons. The van der Waals surface area contributed by atoms with Gasteiger partial charge in [0.05, 0.1) is 4.92 Å². The number of aromatic nitrogens is 2. The molecular formula is C18H18N6O3S. The summed E-state index contributed by atoms with van der Waals surface area (Å²) in [6.07, 6.45) is 1.91. The first kappa shape index (κ1) is 19.2. The number of thiophene rings is 1. The zero-order valence-electron chi connectivity index (χ0n) is 15.0. The predicted molar refractivity (Wildman–Crippen MR) is 107 cm³/mol. The Labute approximate surface area is 165 Å². The highest BCUT2D eigenvalue weighted by molar-refractivity contribution is 7.09. The number of nitrogens with zero attached hydrogens (tertiary/aromatic N) is 3. The summed E-state index contributed by atoms with van der Waals surface area (Å²) in [5.41, 5.74) is 6.06. The van der Waals surface area contributed by atoms with E-state index in [0.717, 1.165) is 10.4 Å². The average Bonchev–Trinajstić information content (AvgIpc) is 3.20. The standard InChI is InChI=1S/C18H18N6O3S/c1-12-4-6-13(7-5-12)18(25)23-22-17-15(24(26)27)16(20-11-21-17)19-9-8-14-3-2-10-28-14/h2-7,10-11H,8-9H2,1H3,(H,23,25)(H2,19,20,21,22). The second-order valence-electron chi connectivity index (χ2n) is 5.88. The minimum absolute atomic E-state index is 0.0867. The number of nitro groups is 1. The fraction of sp³-hybridized carbons (Fsp3) is 0.167. The molecule has 0 spiro atoms. The number of hydrogen-bond donors (Lipinski definition) is 3. The molecule has 1 aromatic carbocycles. The number of anilines is 2. The van der Waals surface area contributed by atoms with Crippen molar-refractivity contribution in [3.8, 4) is 0 Å². The first-order valence-corrected chi connectivity index (χ1v) is 9.31. The van der Waals surface area contributed by atoms with Gasteiger partial charge < -0.3 is 5.32 Å². The van der Waals surface area contributed by atoms with Gasteiger partial charge in [-0.15, -0.1) is 11.3 Å². The highest BCUT2D eigenvalue weighted by Gasteiger charge is 2.23. The van der Waals surface area contributed by atoms with Gasteiger partial charge in [-0.05, 0) is 36.9 Å². The van der Waals surface area contributed by atoms with Crippen LogP contribution in [0.1, 0.15) is 20.8 Å². The lowest BCUT2D eigenvalue weighted by molar-refractivity contribution is -0.383. The number of carbonyl (C=O) groups excluding carboxylic acids is 1. The van der Waals surface area contributed by atoms with Crippen LogP contribution in [-0.2, 0) is 6.42 Å². The quantitative estimate of drug-likeness (QED) is 0.393. The molecule has 0 aliphatic rings. The summed E-state index contributed by atoms with van der Waals surface area (Å²) in [4.78, 5) is 32.1. The summed E-state index contributed by atoms with van der Waals surface area (Å²) in [7, 11) is 0. The van der Waals surface area contributed by atoms with E-state index in [2.05, 4.69) is 26.1 Å². The summed E-state index contributed by atoms with van der Waals surface area (Å²) >= 11 is 1.62. The zero-order valence-corrected chi connectivity index (χ0v) is 15.8. The third-order valence-electron chi connectivity index (χ3n) is 3.86. The molecule has 10 heteroatoms. The molecule has 0 radical (unpaired) electrons. The Kier molecular flexibility index (Phi) is 6.12. The van der Waals surface area contributed by atoms with Gasteiger partial charge in [0.2, 0.25) is 11.6 Å². The van der Waals surface area contributed by atoms with E-state index in [0.29, 0.717) is 18.5 Å². The van der Waals surface area contributed by atoms with E-state index in [-0.39, 0.29) is 17.3 Å². The van der Waals surface area contributed by atoms with Gasteiger partial charge in [0, 0.05) is 17.0 Å². The minimum Gasteiger partial charge on any atom is -0.364 e. The number of hydrogen-bond acceptors (Lipinski definition) is 8. The average molecular weight is 398 g/mol. The maximum Gasteiger partial charge on any atom is 0.354 e. The summed E-state index contributed by atoms with van der Waals surface area (Å²) in [6.45, 7) is 2.39. The Balaban J connectivity index is 1.68. The van der Waals surface area contributed by atoms with Crippen molar-refractivity contribution in [1.82, 2.24) is 15.4 Å². The largest absolute Gasteiger partial charge is 0.364 e. The van der Waals surface area contributed by atoms with Crippen molar-refractivity contribution in [2.75, 3.05) is 17.3 Å². The highest BCUT2D eigenvalue weighted by Crippen LogP contribution is 2.28. The van der Waals surface area contributed by atoms with Gasteiger partial charge >= 0.3 is 5.69 Å². The number of aryl methyl sites for hydroxylation is 1. The van der Waals surface area contributed by atoms with Gasteiger partial charge in [-0.2, -0.15) is 0 Å². The number of amides is 1. The molecule has 0 aliphatic carbocycles. The van der Waals surface area contributed by atoms with Gasteiger partial charge in [0.15, 0.2) is 0 Å². The van der Waals surface area contributed by atoms with Gasteiger partial charge in [0.1, 0.15) is 6.33 Å². The summed E-state index contributed by atoms with van der Waals surface area (Å²) in [5, 5.41) is 16.5. The highest BCUT2D eigenvalue weighted by atomic mass is 32.1. The van der Waals surface area contributed by atoms with Gasteiger partial charge in [0.25, 0.3) is 5.91 Å². The molecule has 0 atom stereocenters. The van der Waals surface area contributed by atoms with Crippen molar-refractivity contribution in [3.63, 3.8) is 0 Å². The first-order chi connectivity index (χ1) is 13.5. The molecule has 3 rings (SSSR count). The second-order valence-corrected chi connectivity index (χ2v) is 6.91. The van der Waals surface area contributed by atoms with E-state index in [9.17, 15) is 14.9 Å². The monoisotopic (exact) mass is 398 g/mol. The van der Waals surface area contributed by atoms with Crippen LogP contribution < -0.4 is 16.2 Å². The molecule has 9 nitrogen and oxygen atoms in total. The normalized spacial score (nSPS) is 10.3. The molecule has 0 saturated heterocycles. The second kappa shape index (κ2) is 8.91. The number of nitrogens with one attached hydrogen (secondary N) is 3. The van der Waals surface area contributed by atoms with Crippen LogP contribution in [0.2, 0.25) is 0 Å². The molecule has 3 aromatic rings. The predicted octanol–water partition coefficient (Wildman–Crippen LogP) is 3.17. The van der Waals surface area contributed by atoms with Crippen molar-refractivity contribution < 1.29 is 9.72 Å². The van der Waals surface area contributed by atoms with Gasteiger partial charge in [-0.1, -0.05) is 23.8 Å². The van der Waals surface area contributed by atoms with Crippen LogP contribution in [0.15, 0.2) is 48.1 Å². The third kappa shape index (κ3) is 4.80. The minimum atomic E-state index is -0.589. The van der Waals surface area contributed by atoms with Crippen molar-refractivity contribution in [2.45, 2.75) is 13.3 Å². The summed E-state index contributed by atoms with van der Waals surface area (Å²) < 4.78 is 0. The molecule has 0 saturated carbocycles. The van der Waals surface area contributed by atoms with Crippen LogP contribution in [-0.4, -0.2) is 27.3 Å². The number of rotatable bonds is 8. The number of carbonyl (C=O) groups is 1. The van der Waals surface area contributed by atoms with E-state index < -0.39 is 10.8 Å². The SMILES string of the molecule is Cc1ccc(C(=O)NNc2ncnc(NCCc3cccs3)c2[N+](=O)[O-])cc1. The Hall–Kier alpha value is -3.53. The smallest absolute Gasteiger partial charge is 0.354 e. The maximum atomic E-state index is 12.2. The van der Waals surface area contributed by atoms with Gasteiger partial charge in [-0.25, -0.2) is 9.97 Å². The zero-order chi connectivity index (χ0) is 19.9. The van der Waals surface area contributed by atoms with Crippen molar-refractivity contribution in [1.29, 1.82) is 0 Å². The van der Waals surface area contributed by atoms with Crippen LogP contribution in [0.3, 0.4) is 0 Å². The topological polar surface area (TPSA) is 122 Å². The number of benzene rings is 1. The van der Waals surface area contributed by atoms with E-state index >= 15 is 0 Å². The van der Waals surface area contributed by atoms with Crippen LogP contribution in [0, 0.1) is 17.0 Å². The van der Waals surface area contributed by atoms with E-state index in [1.54, 1.807) is 35.6 Å². The van der Waals surface area contributed by atoms with Crippen LogP contribution in [0.5, 0.6) is 0 Å².